The van der Waals surface area contributed by atoms with Crippen LogP contribution in [0.25, 0.3) is 0 Å². The molecule has 0 aliphatic carbocycles. The van der Waals surface area contributed by atoms with Gasteiger partial charge in [-0.1, -0.05) is 135 Å². The van der Waals surface area contributed by atoms with E-state index in [2.05, 4.69) is 30.5 Å². The van der Waals surface area contributed by atoms with Gasteiger partial charge in [0, 0.05) is 12.8 Å². The normalized spacial score (nSPS) is 17.0. The first kappa shape index (κ1) is 42.8. The fourth-order valence-corrected chi connectivity index (χ4v) is 5.92. The van der Waals surface area contributed by atoms with Crippen LogP contribution < -0.4 is 0 Å². The van der Waals surface area contributed by atoms with Crippen LogP contribution in [0.4, 0.5) is 0 Å². The van der Waals surface area contributed by atoms with Gasteiger partial charge in [-0.15, -0.1) is 0 Å². The largest absolute Gasteiger partial charge is 0.469 e. The molecule has 0 amide bonds. The van der Waals surface area contributed by atoms with E-state index in [0.717, 1.165) is 57.8 Å². The molecule has 1 rings (SSSR count). The van der Waals surface area contributed by atoms with Gasteiger partial charge in [0.05, 0.1) is 18.8 Å². The molecule has 1 saturated heterocycles. The second-order valence-corrected chi connectivity index (χ2v) is 14.2. The molecule has 2 unspecified atom stereocenters. The number of ether oxygens (including phenoxy) is 3. The lowest BCUT2D eigenvalue weighted by atomic mass is 10.0. The zero-order valence-electron chi connectivity index (χ0n) is 29.2. The molecule has 0 spiro atoms. The van der Waals surface area contributed by atoms with Gasteiger partial charge < -0.3 is 24.0 Å². The maximum Gasteiger partial charge on any atom is 0.469 e. The molecule has 0 aromatic carbocycles. The number of phosphoric ester groups is 1. The van der Waals surface area contributed by atoms with Crippen LogP contribution >= 0.6 is 7.82 Å². The number of allylic oxidation sites excluding steroid dienone is 1. The summed E-state index contributed by atoms with van der Waals surface area (Å²) in [5.41, 5.74) is 0. The van der Waals surface area contributed by atoms with Crippen LogP contribution in [0.5, 0.6) is 0 Å². The van der Waals surface area contributed by atoms with Gasteiger partial charge in [-0.05, 0) is 38.5 Å². The maximum absolute atomic E-state index is 12.3. The van der Waals surface area contributed by atoms with E-state index in [1.807, 2.05) is 0 Å². The number of carbonyl (C=O) groups excluding carboxylic acids is 2. The van der Waals surface area contributed by atoms with Crippen LogP contribution in [0.3, 0.4) is 0 Å². The van der Waals surface area contributed by atoms with Crippen molar-refractivity contribution in [3.63, 3.8) is 0 Å². The maximum atomic E-state index is 12.3. The van der Waals surface area contributed by atoms with Crippen molar-refractivity contribution in [3.05, 3.63) is 12.2 Å². The summed E-state index contributed by atoms with van der Waals surface area (Å²) in [6, 6.07) is 0. The monoisotopic (exact) mass is 674 g/mol. The van der Waals surface area contributed by atoms with Gasteiger partial charge in [-0.2, -0.15) is 0 Å². The smallest absolute Gasteiger partial charge is 0.462 e. The minimum Gasteiger partial charge on any atom is -0.462 e. The Bertz CT molecular complexity index is 828. The third-order valence-electron chi connectivity index (χ3n) is 8.46. The Morgan fingerprint density at radius 1 is 0.674 bits per heavy atom. The van der Waals surface area contributed by atoms with Crippen LogP contribution in [0, 0.1) is 0 Å². The van der Waals surface area contributed by atoms with Crippen molar-refractivity contribution in [1.29, 1.82) is 0 Å². The molecule has 1 aliphatic rings. The Morgan fingerprint density at radius 2 is 1.20 bits per heavy atom. The van der Waals surface area contributed by atoms with Crippen molar-refractivity contribution < 1.29 is 42.7 Å². The molecule has 0 aromatic rings. The van der Waals surface area contributed by atoms with Crippen molar-refractivity contribution in [3.8, 4) is 0 Å². The summed E-state index contributed by atoms with van der Waals surface area (Å²) in [5, 5.41) is 0. The summed E-state index contributed by atoms with van der Waals surface area (Å²) in [5.74, 6) is -0.902. The molecule has 0 aromatic heterocycles. The second kappa shape index (κ2) is 28.7. The highest BCUT2D eigenvalue weighted by molar-refractivity contribution is 7.46. The molecule has 2 N–H and O–H groups in total. The Labute approximate surface area is 280 Å². The first-order chi connectivity index (χ1) is 22.2. The Balaban J connectivity index is 2.08. The molecule has 0 bridgehead atoms. The highest BCUT2D eigenvalue weighted by atomic mass is 31.2. The van der Waals surface area contributed by atoms with Crippen molar-refractivity contribution in [1.82, 2.24) is 0 Å². The van der Waals surface area contributed by atoms with Gasteiger partial charge in [-0.25, -0.2) is 4.57 Å². The zero-order chi connectivity index (χ0) is 33.7. The number of unbranched alkanes of at least 4 members (excludes halogenated alkanes) is 18. The van der Waals surface area contributed by atoms with Crippen molar-refractivity contribution in [2.24, 2.45) is 0 Å². The van der Waals surface area contributed by atoms with E-state index >= 15 is 0 Å². The van der Waals surface area contributed by atoms with Gasteiger partial charge in [0.2, 0.25) is 0 Å². The summed E-state index contributed by atoms with van der Waals surface area (Å²) in [6.45, 7) is 3.63. The fourth-order valence-electron chi connectivity index (χ4n) is 5.56. The number of phosphoric acid groups is 1. The van der Waals surface area contributed by atoms with Gasteiger partial charge in [0.15, 0.2) is 6.10 Å². The number of rotatable bonds is 33. The SMILES string of the molecule is CCCCCCCCCCCCCCC(=O)O[C@H](COC(=O)CCCCCCC/C=C\CC1OC1CCCCC)COP(=O)(O)O. The third-order valence-corrected chi connectivity index (χ3v) is 8.94. The summed E-state index contributed by atoms with van der Waals surface area (Å²) in [4.78, 5) is 42.6. The van der Waals surface area contributed by atoms with E-state index in [0.29, 0.717) is 25.0 Å². The first-order valence-electron chi connectivity index (χ1n) is 18.6. The number of hydrogen-bond acceptors (Lipinski definition) is 7. The first-order valence-corrected chi connectivity index (χ1v) is 20.1. The lowest BCUT2D eigenvalue weighted by Gasteiger charge is -2.18. The van der Waals surface area contributed by atoms with Gasteiger partial charge >= 0.3 is 19.8 Å². The van der Waals surface area contributed by atoms with E-state index in [1.54, 1.807) is 0 Å². The number of esters is 2. The summed E-state index contributed by atoms with van der Waals surface area (Å²) >= 11 is 0. The third kappa shape index (κ3) is 27.8. The highest BCUT2D eigenvalue weighted by Gasteiger charge is 2.36. The van der Waals surface area contributed by atoms with E-state index in [1.165, 1.54) is 77.0 Å². The van der Waals surface area contributed by atoms with Crippen LogP contribution in [0.2, 0.25) is 0 Å². The molecule has 9 nitrogen and oxygen atoms in total. The zero-order valence-corrected chi connectivity index (χ0v) is 30.1. The molecule has 10 heteroatoms. The minimum absolute atomic E-state index is 0.210. The van der Waals surface area contributed by atoms with Crippen LogP contribution in [0.1, 0.15) is 174 Å². The molecule has 46 heavy (non-hydrogen) atoms. The molecule has 0 saturated carbocycles. The Morgan fingerprint density at radius 3 is 1.78 bits per heavy atom. The predicted molar refractivity (Wildman–Crippen MR) is 183 cm³/mol. The molecule has 270 valence electrons. The quantitative estimate of drug-likeness (QED) is 0.0230. The average Bonchev–Trinajstić information content (AvgIpc) is 3.77. The van der Waals surface area contributed by atoms with Gasteiger partial charge in [0.1, 0.15) is 6.61 Å². The van der Waals surface area contributed by atoms with Crippen LogP contribution in [0.15, 0.2) is 12.2 Å². The second-order valence-electron chi connectivity index (χ2n) is 12.9. The van der Waals surface area contributed by atoms with Crippen molar-refractivity contribution in [2.75, 3.05) is 13.2 Å². The average molecular weight is 675 g/mol. The summed E-state index contributed by atoms with van der Waals surface area (Å²) < 4.78 is 32.0. The predicted octanol–water partition coefficient (Wildman–Crippen LogP) is 9.67. The minimum atomic E-state index is -4.75. The number of epoxide rings is 1. The summed E-state index contributed by atoms with van der Waals surface area (Å²) in [6.07, 6.45) is 31.0. The molecule has 1 aliphatic heterocycles. The number of hydrogen-bond donors (Lipinski definition) is 2. The molecule has 1 fully saturated rings. The summed E-state index contributed by atoms with van der Waals surface area (Å²) in [7, 11) is -4.75. The van der Waals surface area contributed by atoms with Gasteiger partial charge in [-0.3, -0.25) is 14.1 Å². The molecular weight excluding hydrogens is 607 g/mol. The Hall–Kier alpha value is -1.25. The van der Waals surface area contributed by atoms with Crippen molar-refractivity contribution in [2.45, 2.75) is 193 Å². The van der Waals surface area contributed by atoms with E-state index in [9.17, 15) is 14.2 Å². The molecular formula is C36H67O9P. The lowest BCUT2D eigenvalue weighted by molar-refractivity contribution is -0.161. The van der Waals surface area contributed by atoms with Gasteiger partial charge in [0.25, 0.3) is 0 Å². The lowest BCUT2D eigenvalue weighted by Crippen LogP contribution is -2.29. The fraction of sp³-hybridized carbons (Fsp3) is 0.889. The van der Waals surface area contributed by atoms with Crippen LogP contribution in [-0.2, 0) is 32.9 Å². The molecule has 1 heterocycles. The topological polar surface area (TPSA) is 132 Å². The molecule has 3 atom stereocenters. The Kier molecular flexibility index (Phi) is 26.7. The van der Waals surface area contributed by atoms with E-state index < -0.39 is 32.5 Å². The number of carbonyl (C=O) groups is 2. The molecule has 0 radical (unpaired) electrons. The van der Waals surface area contributed by atoms with E-state index in [-0.39, 0.29) is 19.4 Å². The van der Waals surface area contributed by atoms with Crippen molar-refractivity contribution >= 4 is 19.8 Å². The van der Waals surface area contributed by atoms with Crippen LogP contribution in [-0.4, -0.2) is 53.3 Å². The van der Waals surface area contributed by atoms with E-state index in [4.69, 9.17) is 24.0 Å². The highest BCUT2D eigenvalue weighted by Crippen LogP contribution is 2.36. The standard InChI is InChI=1S/C36H67O9P/c1-3-5-7-8-9-10-11-12-13-18-21-25-29-36(38)44-32(31-43-46(39,40)41)30-42-35(37)28-24-20-17-15-14-16-19-23-27-34-33(45-34)26-22-6-4-2/h19,23,32-34H,3-18,20-22,24-31H2,1-2H3,(H2,39,40,41)/b23-19-/t32-,33?,34?/m1/s1.